The fraction of sp³-hybridized carbons (Fsp3) is 0.600. The summed E-state index contributed by atoms with van der Waals surface area (Å²) in [4.78, 5) is 0. The lowest BCUT2D eigenvalue weighted by Crippen LogP contribution is -2.12. The van der Waals surface area contributed by atoms with Crippen LogP contribution in [0.15, 0.2) is 24.3 Å². The predicted molar refractivity (Wildman–Crippen MR) is 73.3 cm³/mol. The largest absolute Gasteiger partial charge is 0.491 e. The third kappa shape index (κ3) is 7.92. The van der Waals surface area contributed by atoms with E-state index in [-0.39, 0.29) is 25.7 Å². The van der Waals surface area contributed by atoms with Gasteiger partial charge in [0.1, 0.15) is 11.9 Å². The van der Waals surface area contributed by atoms with Crippen molar-refractivity contribution in [1.82, 2.24) is 0 Å². The van der Waals surface area contributed by atoms with E-state index >= 15 is 0 Å². The second-order valence-corrected chi connectivity index (χ2v) is 5.05. The monoisotopic (exact) mass is 306 g/mol. The smallest absolute Gasteiger partial charge is 0.389 e. The average molecular weight is 306 g/mol. The number of rotatable bonds is 8. The van der Waals surface area contributed by atoms with Crippen molar-refractivity contribution in [2.24, 2.45) is 0 Å². The zero-order valence-electron chi connectivity index (χ0n) is 12.2. The molecule has 3 nitrogen and oxygen atoms in total. The van der Waals surface area contributed by atoms with Crippen LogP contribution in [0.2, 0.25) is 0 Å². The summed E-state index contributed by atoms with van der Waals surface area (Å²) in [6.45, 7) is 3.78. The average Bonchev–Trinajstić information content (AvgIpc) is 2.37. The highest BCUT2D eigenvalue weighted by Crippen LogP contribution is 2.22. The van der Waals surface area contributed by atoms with Gasteiger partial charge in [0.15, 0.2) is 0 Å². The first-order valence-corrected chi connectivity index (χ1v) is 6.87. The van der Waals surface area contributed by atoms with Crippen LogP contribution >= 0.6 is 0 Å². The van der Waals surface area contributed by atoms with Crippen molar-refractivity contribution < 1.29 is 27.8 Å². The summed E-state index contributed by atoms with van der Waals surface area (Å²) >= 11 is 0. The van der Waals surface area contributed by atoms with Crippen LogP contribution in [-0.2, 0) is 4.74 Å². The molecule has 1 N–H and O–H groups in total. The van der Waals surface area contributed by atoms with Crippen LogP contribution in [0.1, 0.15) is 38.4 Å². The first-order valence-electron chi connectivity index (χ1n) is 6.87. The fourth-order valence-corrected chi connectivity index (χ4v) is 1.71. The molecule has 0 heterocycles. The van der Waals surface area contributed by atoms with E-state index in [1.54, 1.807) is 24.3 Å². The molecule has 0 saturated heterocycles. The summed E-state index contributed by atoms with van der Waals surface area (Å²) < 4.78 is 46.3. The van der Waals surface area contributed by atoms with Crippen LogP contribution in [0.4, 0.5) is 13.2 Å². The molecule has 1 aromatic carbocycles. The molecule has 0 bridgehead atoms. The van der Waals surface area contributed by atoms with Gasteiger partial charge in [0.05, 0.1) is 12.7 Å². The Hall–Kier alpha value is -1.27. The molecule has 1 aromatic rings. The summed E-state index contributed by atoms with van der Waals surface area (Å²) in [6.07, 6.45) is -5.92. The van der Waals surface area contributed by atoms with E-state index < -0.39 is 18.7 Å². The van der Waals surface area contributed by atoms with Gasteiger partial charge in [0, 0.05) is 13.0 Å². The molecule has 0 spiro atoms. The molecule has 0 saturated carbocycles. The minimum absolute atomic E-state index is 0.0227. The number of ether oxygens (including phenoxy) is 2. The van der Waals surface area contributed by atoms with Gasteiger partial charge in [0.25, 0.3) is 0 Å². The number of aliphatic hydroxyl groups excluding tert-OH is 1. The zero-order chi connectivity index (χ0) is 15.9. The van der Waals surface area contributed by atoms with Gasteiger partial charge in [-0.05, 0) is 38.0 Å². The lowest BCUT2D eigenvalue weighted by Gasteiger charge is -2.14. The Balaban J connectivity index is 2.30. The van der Waals surface area contributed by atoms with Gasteiger partial charge < -0.3 is 14.6 Å². The van der Waals surface area contributed by atoms with E-state index in [1.165, 1.54) is 0 Å². The van der Waals surface area contributed by atoms with Crippen molar-refractivity contribution in [3.63, 3.8) is 0 Å². The predicted octanol–water partition coefficient (Wildman–Crippen LogP) is 3.87. The van der Waals surface area contributed by atoms with Crippen molar-refractivity contribution in [1.29, 1.82) is 0 Å². The summed E-state index contributed by atoms with van der Waals surface area (Å²) in [6, 6.07) is 6.90. The molecule has 0 amide bonds. The molecule has 21 heavy (non-hydrogen) atoms. The Morgan fingerprint density at radius 1 is 1.14 bits per heavy atom. The summed E-state index contributed by atoms with van der Waals surface area (Å²) in [7, 11) is 0. The minimum atomic E-state index is -4.16. The number of benzene rings is 1. The Kier molecular flexibility index (Phi) is 6.98. The third-order valence-corrected chi connectivity index (χ3v) is 2.66. The van der Waals surface area contributed by atoms with Crippen molar-refractivity contribution in [3.8, 4) is 5.75 Å². The van der Waals surface area contributed by atoms with Crippen LogP contribution in [0, 0.1) is 0 Å². The number of aliphatic hydroxyl groups is 1. The van der Waals surface area contributed by atoms with E-state index in [9.17, 15) is 18.3 Å². The number of hydrogen-bond acceptors (Lipinski definition) is 3. The molecule has 0 aliphatic carbocycles. The van der Waals surface area contributed by atoms with E-state index in [0.717, 1.165) is 0 Å². The maximum absolute atomic E-state index is 11.9. The topological polar surface area (TPSA) is 38.7 Å². The Morgan fingerprint density at radius 3 is 2.29 bits per heavy atom. The molecule has 120 valence electrons. The van der Waals surface area contributed by atoms with E-state index in [0.29, 0.717) is 11.3 Å². The van der Waals surface area contributed by atoms with Gasteiger partial charge in [-0.1, -0.05) is 12.1 Å². The Labute approximate surface area is 122 Å². The molecule has 0 aliphatic heterocycles. The van der Waals surface area contributed by atoms with E-state index in [2.05, 4.69) is 0 Å². The van der Waals surface area contributed by atoms with Gasteiger partial charge >= 0.3 is 6.18 Å². The second-order valence-electron chi connectivity index (χ2n) is 5.05. The Morgan fingerprint density at radius 2 is 1.76 bits per heavy atom. The maximum Gasteiger partial charge on any atom is 0.389 e. The van der Waals surface area contributed by atoms with Crippen LogP contribution in [-0.4, -0.2) is 30.6 Å². The highest BCUT2D eigenvalue weighted by Gasteiger charge is 2.26. The number of alkyl halides is 3. The SMILES string of the molecule is CC(C)Oc1ccc(C(O)COCCCC(F)(F)F)cc1. The van der Waals surface area contributed by atoms with E-state index in [1.807, 2.05) is 13.8 Å². The molecule has 1 rings (SSSR count). The first kappa shape index (κ1) is 17.8. The summed E-state index contributed by atoms with van der Waals surface area (Å²) in [5.41, 5.74) is 0.641. The number of hydrogen-bond donors (Lipinski definition) is 1. The summed E-state index contributed by atoms with van der Waals surface area (Å²) in [5.74, 6) is 0.701. The molecule has 0 fully saturated rings. The second kappa shape index (κ2) is 8.24. The van der Waals surface area contributed by atoms with Crippen molar-refractivity contribution in [2.45, 2.75) is 45.1 Å². The van der Waals surface area contributed by atoms with Gasteiger partial charge in [-0.25, -0.2) is 0 Å². The molecule has 1 atom stereocenters. The fourth-order valence-electron chi connectivity index (χ4n) is 1.71. The minimum Gasteiger partial charge on any atom is -0.491 e. The van der Waals surface area contributed by atoms with Crippen molar-refractivity contribution in [2.75, 3.05) is 13.2 Å². The standard InChI is InChI=1S/C15H21F3O3/c1-11(2)21-13-6-4-12(5-7-13)14(19)10-20-9-3-8-15(16,17)18/h4-7,11,14,19H,3,8-10H2,1-2H3. The van der Waals surface area contributed by atoms with E-state index in [4.69, 9.17) is 9.47 Å². The van der Waals surface area contributed by atoms with Gasteiger partial charge in [-0.2, -0.15) is 13.2 Å². The molecule has 0 aliphatic rings. The Bertz CT molecular complexity index is 402. The summed E-state index contributed by atoms with van der Waals surface area (Å²) in [5, 5.41) is 9.86. The molecular weight excluding hydrogens is 285 g/mol. The number of halogens is 3. The van der Waals surface area contributed by atoms with Crippen molar-refractivity contribution >= 4 is 0 Å². The quantitative estimate of drug-likeness (QED) is 0.741. The van der Waals surface area contributed by atoms with Crippen LogP contribution in [0.5, 0.6) is 5.75 Å². The van der Waals surface area contributed by atoms with Crippen LogP contribution < -0.4 is 4.74 Å². The normalized spacial score (nSPS) is 13.5. The van der Waals surface area contributed by atoms with Gasteiger partial charge in [-0.15, -0.1) is 0 Å². The maximum atomic E-state index is 11.9. The molecule has 1 unspecified atom stereocenters. The van der Waals surface area contributed by atoms with Crippen molar-refractivity contribution in [3.05, 3.63) is 29.8 Å². The lowest BCUT2D eigenvalue weighted by atomic mass is 10.1. The molecule has 6 heteroatoms. The molecular formula is C15H21F3O3. The highest BCUT2D eigenvalue weighted by atomic mass is 19.4. The lowest BCUT2D eigenvalue weighted by molar-refractivity contribution is -0.138. The third-order valence-electron chi connectivity index (χ3n) is 2.66. The zero-order valence-corrected chi connectivity index (χ0v) is 12.2. The van der Waals surface area contributed by atoms with Gasteiger partial charge in [0.2, 0.25) is 0 Å². The first-order chi connectivity index (χ1) is 9.78. The highest BCUT2D eigenvalue weighted by molar-refractivity contribution is 5.28. The van der Waals surface area contributed by atoms with Crippen LogP contribution in [0.3, 0.4) is 0 Å². The molecule has 0 aromatic heterocycles. The van der Waals surface area contributed by atoms with Gasteiger partial charge in [-0.3, -0.25) is 0 Å². The van der Waals surface area contributed by atoms with Crippen LogP contribution in [0.25, 0.3) is 0 Å². The molecule has 0 radical (unpaired) electrons.